The molecule has 0 aliphatic rings. The Morgan fingerprint density at radius 2 is 1.18 bits per heavy atom. The zero-order valence-corrected chi connectivity index (χ0v) is 14.9. The van der Waals surface area contributed by atoms with E-state index in [1.165, 1.54) is 44.9 Å². The Labute approximate surface area is 138 Å². The van der Waals surface area contributed by atoms with Gasteiger partial charge >= 0.3 is 0 Å². The predicted octanol–water partition coefficient (Wildman–Crippen LogP) is 6.95. The molecule has 0 bridgehead atoms. The van der Waals surface area contributed by atoms with E-state index in [2.05, 4.69) is 43.4 Å². The van der Waals surface area contributed by atoms with Gasteiger partial charge in [0.15, 0.2) is 0 Å². The molecule has 0 amide bonds. The first-order valence-electron chi connectivity index (χ1n) is 9.21. The second-order valence-corrected chi connectivity index (χ2v) is 6.01. The van der Waals surface area contributed by atoms with Crippen molar-refractivity contribution in [2.24, 2.45) is 0 Å². The number of hydrogen-bond acceptors (Lipinski definition) is 1. The molecule has 0 rings (SSSR count). The lowest BCUT2D eigenvalue weighted by Gasteiger charge is -2.00. The lowest BCUT2D eigenvalue weighted by Crippen LogP contribution is -1.89. The van der Waals surface area contributed by atoms with Gasteiger partial charge < -0.3 is 4.79 Å². The molecule has 0 aliphatic heterocycles. The van der Waals surface area contributed by atoms with E-state index in [1.54, 1.807) is 6.92 Å². The highest BCUT2D eigenvalue weighted by molar-refractivity contribution is 5.75. The summed E-state index contributed by atoms with van der Waals surface area (Å²) in [6.45, 7) is 3.85. The topological polar surface area (TPSA) is 17.1 Å². The van der Waals surface area contributed by atoms with Crippen molar-refractivity contribution >= 4 is 5.78 Å². The van der Waals surface area contributed by atoms with E-state index >= 15 is 0 Å². The number of allylic oxidation sites excluding steroid dienone is 6. The molecule has 22 heavy (non-hydrogen) atoms. The van der Waals surface area contributed by atoms with Crippen LogP contribution in [0.1, 0.15) is 90.9 Å². The highest BCUT2D eigenvalue weighted by atomic mass is 16.1. The molecule has 0 aromatic heterocycles. The van der Waals surface area contributed by atoms with Crippen molar-refractivity contribution < 1.29 is 4.79 Å². The minimum Gasteiger partial charge on any atom is -0.300 e. The Morgan fingerprint density at radius 3 is 1.77 bits per heavy atom. The minimum absolute atomic E-state index is 0.332. The third kappa shape index (κ3) is 18.9. The van der Waals surface area contributed by atoms with Crippen LogP contribution in [0.15, 0.2) is 36.5 Å². The van der Waals surface area contributed by atoms with Crippen LogP contribution in [-0.2, 0) is 4.79 Å². The number of Topliss-reactive ketones (excluding diaryl/α,β-unsaturated/α-hetero) is 1. The summed E-state index contributed by atoms with van der Waals surface area (Å²) in [5, 5.41) is 0. The number of hydrogen-bond donors (Lipinski definition) is 0. The highest BCUT2D eigenvalue weighted by Crippen LogP contribution is 2.10. The Balaban J connectivity index is 3.20. The molecule has 126 valence electrons. The summed E-state index contributed by atoms with van der Waals surface area (Å²) in [7, 11) is 0. The van der Waals surface area contributed by atoms with Crippen LogP contribution in [0.25, 0.3) is 0 Å². The van der Waals surface area contributed by atoms with Crippen molar-refractivity contribution in [3.63, 3.8) is 0 Å². The molecular formula is C21H36O. The van der Waals surface area contributed by atoms with Gasteiger partial charge in [0.25, 0.3) is 0 Å². The average molecular weight is 305 g/mol. The van der Waals surface area contributed by atoms with Crippen LogP contribution in [0.4, 0.5) is 0 Å². The fourth-order valence-electron chi connectivity index (χ4n) is 2.35. The summed E-state index contributed by atoms with van der Waals surface area (Å²) in [5.41, 5.74) is 0. The molecule has 1 nitrogen and oxygen atoms in total. The maximum absolute atomic E-state index is 10.8. The van der Waals surface area contributed by atoms with Crippen molar-refractivity contribution in [2.75, 3.05) is 0 Å². The SMILES string of the molecule is CCC=CCC=CCC=CCCCCCCCCCC(C)=O. The van der Waals surface area contributed by atoms with Crippen LogP contribution in [0.3, 0.4) is 0 Å². The molecule has 0 aliphatic carbocycles. The molecular weight excluding hydrogens is 268 g/mol. The molecule has 0 atom stereocenters. The van der Waals surface area contributed by atoms with Gasteiger partial charge in [-0.05, 0) is 45.4 Å². The van der Waals surface area contributed by atoms with Gasteiger partial charge in [0.1, 0.15) is 5.78 Å². The maximum atomic E-state index is 10.8. The van der Waals surface area contributed by atoms with Crippen molar-refractivity contribution in [1.29, 1.82) is 0 Å². The van der Waals surface area contributed by atoms with Gasteiger partial charge in [-0.3, -0.25) is 0 Å². The Kier molecular flexibility index (Phi) is 17.0. The van der Waals surface area contributed by atoms with Gasteiger partial charge in [-0.15, -0.1) is 0 Å². The van der Waals surface area contributed by atoms with Crippen LogP contribution in [0.2, 0.25) is 0 Å². The molecule has 0 aromatic carbocycles. The molecule has 1 heteroatoms. The van der Waals surface area contributed by atoms with Gasteiger partial charge in [0.05, 0.1) is 0 Å². The second-order valence-electron chi connectivity index (χ2n) is 6.01. The Hall–Kier alpha value is -1.11. The van der Waals surface area contributed by atoms with Crippen LogP contribution >= 0.6 is 0 Å². The van der Waals surface area contributed by atoms with Gasteiger partial charge in [0.2, 0.25) is 0 Å². The van der Waals surface area contributed by atoms with Crippen LogP contribution in [0, 0.1) is 0 Å². The van der Waals surface area contributed by atoms with E-state index in [9.17, 15) is 4.79 Å². The van der Waals surface area contributed by atoms with Gasteiger partial charge in [0, 0.05) is 6.42 Å². The molecule has 0 radical (unpaired) electrons. The molecule has 0 unspecified atom stereocenters. The molecule has 0 saturated heterocycles. The first-order chi connectivity index (χ1) is 10.8. The van der Waals surface area contributed by atoms with Crippen molar-refractivity contribution in [3.8, 4) is 0 Å². The quantitative estimate of drug-likeness (QED) is 0.236. The second kappa shape index (κ2) is 17.9. The normalized spacial score (nSPS) is 12.1. The summed E-state index contributed by atoms with van der Waals surface area (Å²) in [4.78, 5) is 10.8. The fraction of sp³-hybridized carbons (Fsp3) is 0.667. The maximum Gasteiger partial charge on any atom is 0.129 e. The third-order valence-corrected chi connectivity index (χ3v) is 3.68. The van der Waals surface area contributed by atoms with Crippen LogP contribution in [-0.4, -0.2) is 5.78 Å². The average Bonchev–Trinajstić information content (AvgIpc) is 2.50. The Morgan fingerprint density at radius 1 is 0.682 bits per heavy atom. The first-order valence-corrected chi connectivity index (χ1v) is 9.21. The Bertz CT molecular complexity index is 323. The fourth-order valence-corrected chi connectivity index (χ4v) is 2.35. The molecule has 0 spiro atoms. The van der Waals surface area contributed by atoms with Gasteiger partial charge in [-0.25, -0.2) is 0 Å². The zero-order valence-electron chi connectivity index (χ0n) is 14.9. The van der Waals surface area contributed by atoms with E-state index in [-0.39, 0.29) is 0 Å². The first kappa shape index (κ1) is 20.9. The number of carbonyl (C=O) groups is 1. The van der Waals surface area contributed by atoms with Crippen molar-refractivity contribution in [3.05, 3.63) is 36.5 Å². The summed E-state index contributed by atoms with van der Waals surface area (Å²) in [5.74, 6) is 0.332. The molecule has 0 saturated carbocycles. The van der Waals surface area contributed by atoms with Crippen LogP contribution in [0.5, 0.6) is 0 Å². The number of rotatable bonds is 15. The standard InChI is InChI=1S/C21H36O/c1-3-4-5-6-7-8-9-10-11-12-13-14-15-16-17-18-19-20-21(2)22/h4-5,7-8,10-11H,3,6,9,12-20H2,1-2H3. The van der Waals surface area contributed by atoms with Crippen molar-refractivity contribution in [1.82, 2.24) is 0 Å². The van der Waals surface area contributed by atoms with Gasteiger partial charge in [-0.2, -0.15) is 0 Å². The summed E-state index contributed by atoms with van der Waals surface area (Å²) < 4.78 is 0. The van der Waals surface area contributed by atoms with Gasteiger partial charge in [-0.1, -0.05) is 75.5 Å². The molecule has 0 N–H and O–H groups in total. The van der Waals surface area contributed by atoms with E-state index < -0.39 is 0 Å². The largest absolute Gasteiger partial charge is 0.300 e. The molecule has 0 heterocycles. The van der Waals surface area contributed by atoms with E-state index in [1.807, 2.05) is 0 Å². The monoisotopic (exact) mass is 304 g/mol. The van der Waals surface area contributed by atoms with E-state index in [0.717, 1.165) is 32.1 Å². The van der Waals surface area contributed by atoms with E-state index in [4.69, 9.17) is 0 Å². The molecule has 0 aromatic rings. The highest BCUT2D eigenvalue weighted by Gasteiger charge is 1.94. The summed E-state index contributed by atoms with van der Waals surface area (Å²) >= 11 is 0. The third-order valence-electron chi connectivity index (χ3n) is 3.68. The van der Waals surface area contributed by atoms with E-state index in [0.29, 0.717) is 5.78 Å². The van der Waals surface area contributed by atoms with Crippen molar-refractivity contribution in [2.45, 2.75) is 90.9 Å². The van der Waals surface area contributed by atoms with Crippen LogP contribution < -0.4 is 0 Å². The summed E-state index contributed by atoms with van der Waals surface area (Å²) in [6.07, 6.45) is 27.7. The number of unbranched alkanes of at least 4 members (excludes halogenated alkanes) is 7. The minimum atomic E-state index is 0.332. The smallest absolute Gasteiger partial charge is 0.129 e. The molecule has 0 fully saturated rings. The number of carbonyl (C=O) groups excluding carboxylic acids is 1. The number of ketones is 1. The lowest BCUT2D eigenvalue weighted by atomic mass is 10.1. The summed E-state index contributed by atoms with van der Waals surface area (Å²) in [6, 6.07) is 0. The zero-order chi connectivity index (χ0) is 16.3. The predicted molar refractivity (Wildman–Crippen MR) is 99.2 cm³/mol. The lowest BCUT2D eigenvalue weighted by molar-refractivity contribution is -0.117.